The van der Waals surface area contributed by atoms with E-state index >= 15 is 0 Å². The summed E-state index contributed by atoms with van der Waals surface area (Å²) in [5, 5.41) is 12.5. The molecule has 3 nitrogen and oxygen atoms in total. The molecular weight excluding hydrogens is 214 g/mol. The molecule has 88 valence electrons. The van der Waals surface area contributed by atoms with Gasteiger partial charge in [-0.25, -0.2) is 4.79 Å². The number of carboxylic acid groups (broad SMARTS) is 1. The molecule has 2 aliphatic rings. The third kappa shape index (κ3) is 1.46. The fourth-order valence-electron chi connectivity index (χ4n) is 3.02. The first-order chi connectivity index (χ1) is 8.18. The fraction of sp³-hybridized carbons (Fsp3) is 0.357. The first kappa shape index (κ1) is 10.4. The number of fused-ring (bicyclic) bond motifs is 3. The monoisotopic (exact) mass is 229 g/mol. The number of anilines is 1. The highest BCUT2D eigenvalue weighted by molar-refractivity contribution is 5.81. The van der Waals surface area contributed by atoms with Gasteiger partial charge in [0.15, 0.2) is 0 Å². The maximum Gasteiger partial charge on any atom is 0.326 e. The Kier molecular flexibility index (Phi) is 2.21. The Bertz CT molecular complexity index is 507. The van der Waals surface area contributed by atoms with Crippen LogP contribution >= 0.6 is 0 Å². The Hall–Kier alpha value is -1.77. The van der Waals surface area contributed by atoms with Crippen LogP contribution in [0.25, 0.3) is 0 Å². The van der Waals surface area contributed by atoms with Crippen LogP contribution in [0.3, 0.4) is 0 Å². The topological polar surface area (TPSA) is 49.3 Å². The van der Waals surface area contributed by atoms with E-state index in [9.17, 15) is 9.90 Å². The number of carbonyl (C=O) groups is 1. The third-order valence-electron chi connectivity index (χ3n) is 3.87. The Balaban J connectivity index is 2.12. The Morgan fingerprint density at radius 2 is 2.29 bits per heavy atom. The highest BCUT2D eigenvalue weighted by Crippen LogP contribution is 2.45. The van der Waals surface area contributed by atoms with Crippen LogP contribution in [0.15, 0.2) is 30.4 Å². The number of hydrogen-bond donors (Lipinski definition) is 2. The summed E-state index contributed by atoms with van der Waals surface area (Å²) in [6.07, 6.45) is 5.10. The number of hydrogen-bond acceptors (Lipinski definition) is 2. The minimum Gasteiger partial charge on any atom is -0.480 e. The molecule has 0 saturated heterocycles. The molecule has 1 aromatic rings. The average molecular weight is 229 g/mol. The Labute approximate surface area is 100 Å². The van der Waals surface area contributed by atoms with Crippen molar-refractivity contribution in [2.45, 2.75) is 25.3 Å². The second-order valence-electron chi connectivity index (χ2n) is 4.85. The molecule has 0 radical (unpaired) electrons. The van der Waals surface area contributed by atoms with E-state index in [0.717, 1.165) is 17.7 Å². The largest absolute Gasteiger partial charge is 0.480 e. The van der Waals surface area contributed by atoms with E-state index in [1.807, 2.05) is 19.1 Å². The van der Waals surface area contributed by atoms with Gasteiger partial charge in [-0.1, -0.05) is 30.4 Å². The molecule has 1 aromatic carbocycles. The summed E-state index contributed by atoms with van der Waals surface area (Å²) in [5.74, 6) is -0.341. The minimum absolute atomic E-state index is 0.154. The van der Waals surface area contributed by atoms with Crippen LogP contribution in [0, 0.1) is 12.8 Å². The maximum atomic E-state index is 11.3. The maximum absolute atomic E-state index is 11.3. The van der Waals surface area contributed by atoms with Gasteiger partial charge >= 0.3 is 5.97 Å². The predicted octanol–water partition coefficient (Wildman–Crippen LogP) is 2.53. The molecule has 3 atom stereocenters. The summed E-state index contributed by atoms with van der Waals surface area (Å²) in [6, 6.07) is 5.69. The van der Waals surface area contributed by atoms with Gasteiger partial charge in [-0.3, -0.25) is 0 Å². The Morgan fingerprint density at radius 3 is 3.06 bits per heavy atom. The van der Waals surface area contributed by atoms with Crippen molar-refractivity contribution >= 4 is 11.7 Å². The number of carboxylic acids is 1. The lowest BCUT2D eigenvalue weighted by Crippen LogP contribution is -2.42. The highest BCUT2D eigenvalue weighted by Gasteiger charge is 2.40. The van der Waals surface area contributed by atoms with E-state index in [2.05, 4.69) is 23.5 Å². The lowest BCUT2D eigenvalue weighted by molar-refractivity contribution is -0.139. The van der Waals surface area contributed by atoms with Crippen molar-refractivity contribution in [2.75, 3.05) is 5.32 Å². The van der Waals surface area contributed by atoms with E-state index in [4.69, 9.17) is 0 Å². The molecule has 0 aromatic heterocycles. The van der Waals surface area contributed by atoms with E-state index in [1.165, 1.54) is 5.56 Å². The van der Waals surface area contributed by atoms with Gasteiger partial charge in [0.25, 0.3) is 0 Å². The number of aliphatic carboxylic acids is 1. The minimum atomic E-state index is -0.752. The van der Waals surface area contributed by atoms with E-state index in [0.29, 0.717) is 0 Å². The van der Waals surface area contributed by atoms with Crippen molar-refractivity contribution < 1.29 is 9.90 Å². The van der Waals surface area contributed by atoms with Crippen LogP contribution < -0.4 is 5.32 Å². The molecule has 0 fully saturated rings. The summed E-state index contributed by atoms with van der Waals surface area (Å²) in [6.45, 7) is 2.02. The zero-order valence-corrected chi connectivity index (χ0v) is 9.68. The summed E-state index contributed by atoms with van der Waals surface area (Å²) in [7, 11) is 0. The first-order valence-electron chi connectivity index (χ1n) is 5.94. The molecule has 3 heteroatoms. The first-order valence-corrected chi connectivity index (χ1v) is 5.94. The lowest BCUT2D eigenvalue weighted by Gasteiger charge is -2.35. The Morgan fingerprint density at radius 1 is 1.47 bits per heavy atom. The normalized spacial score (nSPS) is 29.4. The van der Waals surface area contributed by atoms with Gasteiger partial charge in [-0.05, 0) is 24.5 Å². The zero-order chi connectivity index (χ0) is 12.0. The van der Waals surface area contributed by atoms with Crippen LogP contribution in [0.2, 0.25) is 0 Å². The van der Waals surface area contributed by atoms with Gasteiger partial charge in [0, 0.05) is 17.5 Å². The number of para-hydroxylation sites is 1. The second-order valence-corrected chi connectivity index (χ2v) is 4.85. The van der Waals surface area contributed by atoms with Crippen molar-refractivity contribution in [3.05, 3.63) is 41.5 Å². The van der Waals surface area contributed by atoms with E-state index < -0.39 is 12.0 Å². The van der Waals surface area contributed by atoms with Gasteiger partial charge < -0.3 is 10.4 Å². The standard InChI is InChI=1S/C14H15NO2/c1-8-4-2-6-10-9-5-3-7-11(9)13(14(16)17)15-12(8)10/h2-6,9,11,13,15H,7H2,1H3,(H,16,17). The molecule has 0 spiro atoms. The van der Waals surface area contributed by atoms with Crippen LogP contribution in [0.1, 0.15) is 23.5 Å². The van der Waals surface area contributed by atoms with Crippen molar-refractivity contribution in [3.63, 3.8) is 0 Å². The SMILES string of the molecule is Cc1cccc2c1NC(C(=O)O)C1CC=CC21. The second kappa shape index (κ2) is 3.62. The molecule has 3 unspecified atom stereocenters. The predicted molar refractivity (Wildman–Crippen MR) is 66.2 cm³/mol. The van der Waals surface area contributed by atoms with Crippen LogP contribution in [0.5, 0.6) is 0 Å². The molecule has 1 aliphatic heterocycles. The van der Waals surface area contributed by atoms with Crippen LogP contribution in [0.4, 0.5) is 5.69 Å². The van der Waals surface area contributed by atoms with Crippen molar-refractivity contribution in [2.24, 2.45) is 5.92 Å². The molecular formula is C14H15NO2. The number of benzene rings is 1. The molecule has 1 aliphatic carbocycles. The van der Waals surface area contributed by atoms with Gasteiger partial charge in [0.2, 0.25) is 0 Å². The van der Waals surface area contributed by atoms with Gasteiger partial charge in [0.1, 0.15) is 6.04 Å². The quantitative estimate of drug-likeness (QED) is 0.727. The number of rotatable bonds is 1. The summed E-state index contributed by atoms with van der Waals surface area (Å²) in [5.41, 5.74) is 3.36. The van der Waals surface area contributed by atoms with E-state index in [-0.39, 0.29) is 11.8 Å². The lowest BCUT2D eigenvalue weighted by atomic mass is 9.78. The van der Waals surface area contributed by atoms with Crippen LogP contribution in [-0.2, 0) is 4.79 Å². The van der Waals surface area contributed by atoms with Crippen molar-refractivity contribution in [1.29, 1.82) is 0 Å². The molecule has 17 heavy (non-hydrogen) atoms. The summed E-state index contributed by atoms with van der Waals surface area (Å²) >= 11 is 0. The number of nitrogens with one attached hydrogen (secondary N) is 1. The smallest absolute Gasteiger partial charge is 0.326 e. The van der Waals surface area contributed by atoms with Gasteiger partial charge in [-0.15, -0.1) is 0 Å². The highest BCUT2D eigenvalue weighted by atomic mass is 16.4. The van der Waals surface area contributed by atoms with E-state index in [1.54, 1.807) is 0 Å². The third-order valence-corrected chi connectivity index (χ3v) is 3.87. The summed E-state index contributed by atoms with van der Waals surface area (Å²) < 4.78 is 0. The zero-order valence-electron chi connectivity index (χ0n) is 9.68. The van der Waals surface area contributed by atoms with Crippen LogP contribution in [-0.4, -0.2) is 17.1 Å². The van der Waals surface area contributed by atoms with Crippen molar-refractivity contribution in [3.8, 4) is 0 Å². The summed E-state index contributed by atoms with van der Waals surface area (Å²) in [4.78, 5) is 11.3. The van der Waals surface area contributed by atoms with Crippen molar-refractivity contribution in [1.82, 2.24) is 0 Å². The molecule has 2 N–H and O–H groups in total. The molecule has 0 saturated carbocycles. The fourth-order valence-corrected chi connectivity index (χ4v) is 3.02. The molecule has 0 bridgehead atoms. The number of allylic oxidation sites excluding steroid dienone is 2. The van der Waals surface area contributed by atoms with Gasteiger partial charge in [0.05, 0.1) is 0 Å². The molecule has 0 amide bonds. The molecule has 1 heterocycles. The van der Waals surface area contributed by atoms with Gasteiger partial charge in [-0.2, -0.15) is 0 Å². The number of aryl methyl sites for hydroxylation is 1. The average Bonchev–Trinajstić information content (AvgIpc) is 2.77. The molecule has 3 rings (SSSR count).